The molecule has 1 unspecified atom stereocenters. The second kappa shape index (κ2) is 11.6. The van der Waals surface area contributed by atoms with Crippen molar-refractivity contribution in [2.45, 2.75) is 60.1 Å². The molecule has 3 N–H and O–H groups in total. The number of guanidine groups is 1. The summed E-state index contributed by atoms with van der Waals surface area (Å²) in [4.78, 5) is 33.1. The Morgan fingerprint density at radius 3 is 2.52 bits per heavy atom. The number of aromatic nitrogens is 1. The number of alkyl carbamates (subject to hydrolysis) is 1. The van der Waals surface area contributed by atoms with E-state index in [1.54, 1.807) is 13.8 Å². The SMILES string of the molecule is CCNC(=NCCNC(=O)OC(C)(C)C)NC(C)c1nc(C)c(C(=O)OCC)s1. The maximum absolute atomic E-state index is 12.0. The molecule has 1 aromatic rings. The molecule has 0 aliphatic carbocycles. The van der Waals surface area contributed by atoms with Crippen LogP contribution in [0.5, 0.6) is 0 Å². The Morgan fingerprint density at radius 2 is 1.93 bits per heavy atom. The van der Waals surface area contributed by atoms with Gasteiger partial charge < -0.3 is 25.4 Å². The molecular formula is C19H33N5O4S. The number of ether oxygens (including phenoxy) is 2. The first-order valence-corrected chi connectivity index (χ1v) is 10.5. The highest BCUT2D eigenvalue weighted by Crippen LogP contribution is 2.24. The first-order valence-electron chi connectivity index (χ1n) is 9.73. The van der Waals surface area contributed by atoms with E-state index in [1.165, 1.54) is 11.3 Å². The fraction of sp³-hybridized carbons (Fsp3) is 0.684. The first kappa shape index (κ1) is 24.7. The van der Waals surface area contributed by atoms with E-state index < -0.39 is 11.7 Å². The van der Waals surface area contributed by atoms with Crippen LogP contribution in [0, 0.1) is 6.92 Å². The summed E-state index contributed by atoms with van der Waals surface area (Å²) < 4.78 is 10.3. The Morgan fingerprint density at radius 1 is 1.24 bits per heavy atom. The molecule has 0 saturated heterocycles. The van der Waals surface area contributed by atoms with Crippen LogP contribution in [-0.2, 0) is 9.47 Å². The van der Waals surface area contributed by atoms with Crippen molar-refractivity contribution in [2.75, 3.05) is 26.2 Å². The van der Waals surface area contributed by atoms with Crippen LogP contribution in [-0.4, -0.2) is 54.8 Å². The van der Waals surface area contributed by atoms with Crippen LogP contribution in [0.15, 0.2) is 4.99 Å². The minimum atomic E-state index is -0.534. The number of nitrogens with zero attached hydrogens (tertiary/aromatic N) is 2. The maximum atomic E-state index is 12.0. The summed E-state index contributed by atoms with van der Waals surface area (Å²) in [6.45, 7) is 14.7. The predicted octanol–water partition coefficient (Wildman–Crippen LogP) is 2.77. The highest BCUT2D eigenvalue weighted by molar-refractivity contribution is 7.13. The number of aliphatic imine (C=N–C) groups is 1. The minimum absolute atomic E-state index is 0.154. The summed E-state index contributed by atoms with van der Waals surface area (Å²) in [6.07, 6.45) is -0.469. The molecule has 1 aromatic heterocycles. The normalized spacial score (nSPS) is 12.9. The van der Waals surface area contributed by atoms with Crippen molar-refractivity contribution in [3.8, 4) is 0 Å². The van der Waals surface area contributed by atoms with Crippen LogP contribution >= 0.6 is 11.3 Å². The third-order valence-electron chi connectivity index (χ3n) is 3.39. The number of amides is 1. The number of hydrogen-bond donors (Lipinski definition) is 3. The standard InChI is InChI=1S/C19H33N5O4S/c1-8-20-17(21-10-11-22-18(26)28-19(5,6)7)24-13(4)15-23-12(3)14(29-15)16(25)27-9-2/h13H,8-11H2,1-7H3,(H,22,26)(H2,20,21,24). The lowest BCUT2D eigenvalue weighted by Gasteiger charge is -2.19. The van der Waals surface area contributed by atoms with Gasteiger partial charge in [0.05, 0.1) is 24.9 Å². The molecule has 0 saturated carbocycles. The molecule has 10 heteroatoms. The molecule has 0 fully saturated rings. The van der Waals surface area contributed by atoms with E-state index in [1.807, 2.05) is 34.6 Å². The fourth-order valence-electron chi connectivity index (χ4n) is 2.22. The average Bonchev–Trinajstić information content (AvgIpc) is 2.99. The van der Waals surface area contributed by atoms with E-state index in [9.17, 15) is 9.59 Å². The van der Waals surface area contributed by atoms with E-state index >= 15 is 0 Å². The summed E-state index contributed by atoms with van der Waals surface area (Å²) in [5, 5.41) is 9.86. The third kappa shape index (κ3) is 9.12. The van der Waals surface area contributed by atoms with Gasteiger partial charge in [-0.25, -0.2) is 14.6 Å². The van der Waals surface area contributed by atoms with Crippen LogP contribution in [0.3, 0.4) is 0 Å². The lowest BCUT2D eigenvalue weighted by Crippen LogP contribution is -2.39. The van der Waals surface area contributed by atoms with E-state index in [0.29, 0.717) is 42.8 Å². The highest BCUT2D eigenvalue weighted by Gasteiger charge is 2.20. The Hall–Kier alpha value is -2.36. The van der Waals surface area contributed by atoms with Crippen molar-refractivity contribution in [2.24, 2.45) is 4.99 Å². The molecule has 9 nitrogen and oxygen atoms in total. The molecule has 0 aromatic carbocycles. The molecule has 0 radical (unpaired) electrons. The molecule has 0 spiro atoms. The maximum Gasteiger partial charge on any atom is 0.407 e. The van der Waals surface area contributed by atoms with Gasteiger partial charge in [0, 0.05) is 13.1 Å². The zero-order valence-electron chi connectivity index (χ0n) is 18.3. The van der Waals surface area contributed by atoms with Gasteiger partial charge in [0.15, 0.2) is 5.96 Å². The van der Waals surface area contributed by atoms with Crippen LogP contribution in [0.2, 0.25) is 0 Å². The second-order valence-corrected chi connectivity index (χ2v) is 8.27. The first-order chi connectivity index (χ1) is 13.6. The number of thiazole rings is 1. The summed E-state index contributed by atoms with van der Waals surface area (Å²) in [5.41, 5.74) is 0.119. The van der Waals surface area contributed by atoms with Gasteiger partial charge in [0.1, 0.15) is 15.5 Å². The van der Waals surface area contributed by atoms with Gasteiger partial charge in [-0.2, -0.15) is 0 Å². The van der Waals surface area contributed by atoms with Crippen LogP contribution in [0.4, 0.5) is 4.79 Å². The molecule has 1 amide bonds. The molecule has 29 heavy (non-hydrogen) atoms. The monoisotopic (exact) mass is 427 g/mol. The Labute approximate surface area is 176 Å². The average molecular weight is 428 g/mol. The lowest BCUT2D eigenvalue weighted by molar-refractivity contribution is 0.0519. The van der Waals surface area contributed by atoms with Crippen molar-refractivity contribution in [3.05, 3.63) is 15.6 Å². The quantitative estimate of drug-likeness (QED) is 0.253. The minimum Gasteiger partial charge on any atom is -0.462 e. The number of nitrogens with one attached hydrogen (secondary N) is 3. The number of carbonyl (C=O) groups excluding carboxylic acids is 2. The summed E-state index contributed by atoms with van der Waals surface area (Å²) >= 11 is 1.31. The van der Waals surface area contributed by atoms with E-state index in [0.717, 1.165) is 5.01 Å². The van der Waals surface area contributed by atoms with E-state index in [4.69, 9.17) is 9.47 Å². The van der Waals surface area contributed by atoms with Crippen molar-refractivity contribution < 1.29 is 19.1 Å². The molecule has 164 valence electrons. The Kier molecular flexibility index (Phi) is 9.87. The van der Waals surface area contributed by atoms with E-state index in [2.05, 4.69) is 25.9 Å². The smallest absolute Gasteiger partial charge is 0.407 e. The number of rotatable bonds is 8. The van der Waals surface area contributed by atoms with Gasteiger partial charge in [-0.3, -0.25) is 4.99 Å². The number of esters is 1. The Balaban J connectivity index is 2.66. The summed E-state index contributed by atoms with van der Waals surface area (Å²) in [5.74, 6) is 0.242. The second-order valence-electron chi connectivity index (χ2n) is 7.24. The van der Waals surface area contributed by atoms with Crippen molar-refractivity contribution in [1.82, 2.24) is 20.9 Å². The molecule has 1 heterocycles. The third-order valence-corrected chi connectivity index (χ3v) is 4.71. The summed E-state index contributed by atoms with van der Waals surface area (Å²) in [6, 6.07) is -0.154. The number of carbonyl (C=O) groups is 2. The van der Waals surface area contributed by atoms with E-state index in [-0.39, 0.29) is 12.0 Å². The molecular weight excluding hydrogens is 394 g/mol. The number of aryl methyl sites for hydroxylation is 1. The van der Waals surface area contributed by atoms with Gasteiger partial charge in [-0.15, -0.1) is 11.3 Å². The molecule has 1 atom stereocenters. The molecule has 0 bridgehead atoms. The van der Waals surface area contributed by atoms with Gasteiger partial charge >= 0.3 is 12.1 Å². The molecule has 0 aliphatic rings. The molecule has 0 aliphatic heterocycles. The van der Waals surface area contributed by atoms with Gasteiger partial charge in [-0.1, -0.05) is 0 Å². The largest absolute Gasteiger partial charge is 0.462 e. The van der Waals surface area contributed by atoms with Gasteiger partial charge in [0.2, 0.25) is 0 Å². The van der Waals surface area contributed by atoms with Crippen LogP contribution < -0.4 is 16.0 Å². The van der Waals surface area contributed by atoms with Crippen molar-refractivity contribution >= 4 is 29.4 Å². The molecule has 1 rings (SSSR count). The fourth-order valence-corrected chi connectivity index (χ4v) is 3.18. The summed E-state index contributed by atoms with van der Waals surface area (Å²) in [7, 11) is 0. The predicted molar refractivity (Wildman–Crippen MR) is 115 cm³/mol. The lowest BCUT2D eigenvalue weighted by atomic mass is 10.2. The van der Waals surface area contributed by atoms with Crippen molar-refractivity contribution in [3.63, 3.8) is 0 Å². The van der Waals surface area contributed by atoms with Crippen LogP contribution in [0.1, 0.15) is 68.0 Å². The highest BCUT2D eigenvalue weighted by atomic mass is 32.1. The number of hydrogen-bond acceptors (Lipinski definition) is 7. The van der Waals surface area contributed by atoms with Gasteiger partial charge in [0.25, 0.3) is 0 Å². The van der Waals surface area contributed by atoms with Gasteiger partial charge in [-0.05, 0) is 48.5 Å². The zero-order chi connectivity index (χ0) is 22.0. The Bertz CT molecular complexity index is 712. The zero-order valence-corrected chi connectivity index (χ0v) is 19.2. The van der Waals surface area contributed by atoms with Crippen LogP contribution in [0.25, 0.3) is 0 Å². The van der Waals surface area contributed by atoms with Crippen molar-refractivity contribution in [1.29, 1.82) is 0 Å². The topological polar surface area (TPSA) is 114 Å².